The molecule has 2 N–H and O–H groups in total. The third-order valence-corrected chi connectivity index (χ3v) is 5.68. The molecule has 2 rings (SSSR count). The van der Waals surface area contributed by atoms with Crippen LogP contribution in [0.5, 0.6) is 0 Å². The average Bonchev–Trinajstić information content (AvgIpc) is 2.47. The molecule has 0 radical (unpaired) electrons. The van der Waals surface area contributed by atoms with Gasteiger partial charge in [0.15, 0.2) is 0 Å². The van der Waals surface area contributed by atoms with Crippen molar-refractivity contribution in [3.63, 3.8) is 0 Å². The molecule has 106 valence electrons. The van der Waals surface area contributed by atoms with Crippen LogP contribution >= 0.6 is 0 Å². The number of hydrogen-bond donors (Lipinski definition) is 1. The average molecular weight is 287 g/mol. The third-order valence-electron chi connectivity index (χ3n) is 3.81. The molecule has 0 saturated heterocycles. The summed E-state index contributed by atoms with van der Waals surface area (Å²) in [6.45, 7) is 5.91. The predicted octanol–water partition coefficient (Wildman–Crippen LogP) is 3.37. The molecule has 3 atom stereocenters. The van der Waals surface area contributed by atoms with E-state index in [1.807, 2.05) is 75.4 Å². The molecular formula is C17H21NOS. The molecule has 0 bridgehead atoms. The minimum atomic E-state index is -1.13. The van der Waals surface area contributed by atoms with Crippen molar-refractivity contribution in [2.45, 2.75) is 36.5 Å². The van der Waals surface area contributed by atoms with Gasteiger partial charge in [-0.05, 0) is 38.5 Å². The summed E-state index contributed by atoms with van der Waals surface area (Å²) in [6, 6.07) is 17.7. The Bertz CT molecular complexity index is 590. The maximum atomic E-state index is 12.7. The van der Waals surface area contributed by atoms with E-state index >= 15 is 0 Å². The van der Waals surface area contributed by atoms with Gasteiger partial charge in [0.2, 0.25) is 0 Å². The van der Waals surface area contributed by atoms with E-state index in [0.29, 0.717) is 0 Å². The second kappa shape index (κ2) is 5.90. The predicted molar refractivity (Wildman–Crippen MR) is 85.0 cm³/mol. The summed E-state index contributed by atoms with van der Waals surface area (Å²) in [4.78, 5) is 0.829. The zero-order chi connectivity index (χ0) is 14.8. The Hall–Kier alpha value is -1.45. The maximum absolute atomic E-state index is 12.7. The molecule has 0 aliphatic carbocycles. The molecule has 0 spiro atoms. The molecule has 0 aromatic heterocycles. The Balaban J connectivity index is 2.28. The van der Waals surface area contributed by atoms with E-state index in [2.05, 4.69) is 0 Å². The van der Waals surface area contributed by atoms with E-state index in [-0.39, 0.29) is 5.25 Å². The number of benzene rings is 2. The lowest BCUT2D eigenvalue weighted by Gasteiger charge is -2.31. The number of aryl methyl sites for hydroxylation is 1. The second-order valence-electron chi connectivity index (χ2n) is 5.40. The monoisotopic (exact) mass is 287 g/mol. The van der Waals surface area contributed by atoms with E-state index in [1.54, 1.807) is 0 Å². The summed E-state index contributed by atoms with van der Waals surface area (Å²) in [5, 5.41) is -0.174. The van der Waals surface area contributed by atoms with E-state index in [9.17, 15) is 4.21 Å². The first kappa shape index (κ1) is 14.9. The standard InChI is InChI=1S/C17H21NOS/c1-13-9-11-16(12-10-13)20(19)14(2)17(3,18)15-7-5-4-6-8-15/h4-12,14H,18H2,1-3H3/t14-,17-,20+/m1/s1. The third kappa shape index (κ3) is 3.00. The van der Waals surface area contributed by atoms with Crippen LogP contribution < -0.4 is 5.73 Å². The van der Waals surface area contributed by atoms with Gasteiger partial charge in [0.25, 0.3) is 0 Å². The minimum Gasteiger partial charge on any atom is -0.321 e. The van der Waals surface area contributed by atoms with Gasteiger partial charge in [-0.2, -0.15) is 0 Å². The topological polar surface area (TPSA) is 43.1 Å². The fourth-order valence-electron chi connectivity index (χ4n) is 2.13. The second-order valence-corrected chi connectivity index (χ2v) is 7.17. The number of nitrogens with two attached hydrogens (primary N) is 1. The molecule has 0 unspecified atom stereocenters. The van der Waals surface area contributed by atoms with E-state index in [1.165, 1.54) is 0 Å². The molecular weight excluding hydrogens is 266 g/mol. The van der Waals surface area contributed by atoms with E-state index < -0.39 is 16.3 Å². The molecule has 2 aromatic carbocycles. The molecule has 20 heavy (non-hydrogen) atoms. The largest absolute Gasteiger partial charge is 0.321 e. The Kier molecular flexibility index (Phi) is 4.41. The summed E-state index contributed by atoms with van der Waals surface area (Å²) >= 11 is 0. The van der Waals surface area contributed by atoms with Crippen LogP contribution in [0.25, 0.3) is 0 Å². The van der Waals surface area contributed by atoms with Gasteiger partial charge < -0.3 is 5.73 Å². The molecule has 0 aliphatic rings. The first-order chi connectivity index (χ1) is 9.43. The van der Waals surface area contributed by atoms with Gasteiger partial charge in [0.05, 0.1) is 21.6 Å². The van der Waals surface area contributed by atoms with Gasteiger partial charge in [-0.25, -0.2) is 0 Å². The highest BCUT2D eigenvalue weighted by atomic mass is 32.2. The Morgan fingerprint density at radius 2 is 1.60 bits per heavy atom. The van der Waals surface area contributed by atoms with Crippen LogP contribution in [0.3, 0.4) is 0 Å². The lowest BCUT2D eigenvalue weighted by Crippen LogP contribution is -2.45. The molecule has 0 saturated carbocycles. The van der Waals surface area contributed by atoms with Gasteiger partial charge >= 0.3 is 0 Å². The van der Waals surface area contributed by atoms with Crippen molar-refractivity contribution in [1.82, 2.24) is 0 Å². The highest BCUT2D eigenvalue weighted by molar-refractivity contribution is 7.85. The molecule has 0 fully saturated rings. The summed E-state index contributed by atoms with van der Waals surface area (Å²) in [5.41, 5.74) is 8.00. The highest BCUT2D eigenvalue weighted by Crippen LogP contribution is 2.27. The Morgan fingerprint density at radius 1 is 1.05 bits per heavy atom. The fourth-order valence-corrected chi connectivity index (χ4v) is 3.52. The van der Waals surface area contributed by atoms with Crippen LogP contribution in [0.4, 0.5) is 0 Å². The van der Waals surface area contributed by atoms with Crippen molar-refractivity contribution >= 4 is 10.8 Å². The van der Waals surface area contributed by atoms with Crippen molar-refractivity contribution in [3.8, 4) is 0 Å². The number of hydrogen-bond acceptors (Lipinski definition) is 2. The summed E-state index contributed by atoms with van der Waals surface area (Å²) in [7, 11) is -1.13. The van der Waals surface area contributed by atoms with Crippen molar-refractivity contribution < 1.29 is 4.21 Å². The molecule has 0 heterocycles. The molecule has 2 aromatic rings. The van der Waals surface area contributed by atoms with Gasteiger partial charge in [-0.15, -0.1) is 0 Å². The van der Waals surface area contributed by atoms with E-state index in [4.69, 9.17) is 5.73 Å². The summed E-state index contributed by atoms with van der Waals surface area (Å²) in [5.74, 6) is 0. The summed E-state index contributed by atoms with van der Waals surface area (Å²) < 4.78 is 12.7. The van der Waals surface area contributed by atoms with Gasteiger partial charge in [0.1, 0.15) is 0 Å². The zero-order valence-corrected chi connectivity index (χ0v) is 13.0. The lowest BCUT2D eigenvalue weighted by molar-refractivity contribution is 0.479. The zero-order valence-electron chi connectivity index (χ0n) is 12.2. The smallest absolute Gasteiger partial charge is 0.0585 e. The lowest BCUT2D eigenvalue weighted by atomic mass is 9.90. The van der Waals surface area contributed by atoms with Gasteiger partial charge in [0, 0.05) is 4.90 Å². The van der Waals surface area contributed by atoms with Crippen molar-refractivity contribution in [2.75, 3.05) is 0 Å². The Morgan fingerprint density at radius 3 is 2.15 bits per heavy atom. The van der Waals surface area contributed by atoms with Crippen LogP contribution in [0.1, 0.15) is 25.0 Å². The van der Waals surface area contributed by atoms with Crippen molar-refractivity contribution in [2.24, 2.45) is 5.73 Å². The fraction of sp³-hybridized carbons (Fsp3) is 0.294. The molecule has 0 amide bonds. The number of rotatable bonds is 4. The van der Waals surface area contributed by atoms with Crippen LogP contribution in [0, 0.1) is 6.92 Å². The summed E-state index contributed by atoms with van der Waals surface area (Å²) in [6.07, 6.45) is 0. The first-order valence-corrected chi connectivity index (χ1v) is 7.96. The van der Waals surface area contributed by atoms with Crippen LogP contribution in [-0.2, 0) is 16.3 Å². The highest BCUT2D eigenvalue weighted by Gasteiger charge is 2.33. The quantitative estimate of drug-likeness (QED) is 0.937. The first-order valence-electron chi connectivity index (χ1n) is 6.74. The molecule has 2 nitrogen and oxygen atoms in total. The van der Waals surface area contributed by atoms with Crippen LogP contribution in [0.2, 0.25) is 0 Å². The molecule has 3 heteroatoms. The van der Waals surface area contributed by atoms with Gasteiger partial charge in [-0.3, -0.25) is 4.21 Å². The van der Waals surface area contributed by atoms with Crippen molar-refractivity contribution in [3.05, 3.63) is 65.7 Å². The normalized spacial score (nSPS) is 17.2. The van der Waals surface area contributed by atoms with Crippen LogP contribution in [0.15, 0.2) is 59.5 Å². The van der Waals surface area contributed by atoms with Gasteiger partial charge in [-0.1, -0.05) is 48.0 Å². The van der Waals surface area contributed by atoms with Crippen LogP contribution in [-0.4, -0.2) is 9.46 Å². The minimum absolute atomic E-state index is 0.174. The maximum Gasteiger partial charge on any atom is 0.0585 e. The molecule has 0 aliphatic heterocycles. The van der Waals surface area contributed by atoms with E-state index in [0.717, 1.165) is 16.0 Å². The SMILES string of the molecule is Cc1ccc([S@@](=O)[C@H](C)[C@@](C)(N)c2ccccc2)cc1. The Labute approximate surface area is 123 Å². The van der Waals surface area contributed by atoms with Crippen molar-refractivity contribution in [1.29, 1.82) is 0 Å².